The maximum absolute atomic E-state index is 12.3. The third-order valence-corrected chi connectivity index (χ3v) is 4.09. The lowest BCUT2D eigenvalue weighted by molar-refractivity contribution is -0.131. The van der Waals surface area contributed by atoms with Crippen LogP contribution in [0.5, 0.6) is 11.5 Å². The molecule has 1 aromatic rings. The summed E-state index contributed by atoms with van der Waals surface area (Å²) in [6.07, 6.45) is 1.22. The third-order valence-electron chi connectivity index (χ3n) is 4.09. The number of ether oxygens (including phenoxy) is 3. The topological polar surface area (TPSA) is 77.1 Å². The highest BCUT2D eigenvalue weighted by Gasteiger charge is 2.30. The summed E-state index contributed by atoms with van der Waals surface area (Å²) >= 11 is 0. The average molecular weight is 320 g/mol. The molecule has 2 aliphatic rings. The molecule has 7 heteroatoms. The lowest BCUT2D eigenvalue weighted by Crippen LogP contribution is -2.39. The molecule has 3 rings (SSSR count). The van der Waals surface area contributed by atoms with Crippen LogP contribution in [0.2, 0.25) is 0 Å². The number of nitrogens with zero attached hydrogens (tertiary/aromatic N) is 1. The lowest BCUT2D eigenvalue weighted by atomic mass is 10.0. The summed E-state index contributed by atoms with van der Waals surface area (Å²) in [6.45, 7) is 1.71. The van der Waals surface area contributed by atoms with Crippen molar-refractivity contribution >= 4 is 12.0 Å². The van der Waals surface area contributed by atoms with Crippen LogP contribution in [0.4, 0.5) is 4.79 Å². The van der Waals surface area contributed by atoms with E-state index in [0.29, 0.717) is 19.8 Å². The molecule has 0 spiro atoms. The molecule has 1 atom stereocenters. The summed E-state index contributed by atoms with van der Waals surface area (Å²) in [4.78, 5) is 25.2. The van der Waals surface area contributed by atoms with E-state index in [4.69, 9.17) is 9.47 Å². The first-order valence-electron chi connectivity index (χ1n) is 7.70. The summed E-state index contributed by atoms with van der Waals surface area (Å²) in [5.41, 5.74) is 1.03. The number of hydrogen-bond donors (Lipinski definition) is 1. The summed E-state index contributed by atoms with van der Waals surface area (Å²) < 4.78 is 15.6. The second-order valence-electron chi connectivity index (χ2n) is 5.49. The molecule has 1 fully saturated rings. The first-order valence-corrected chi connectivity index (χ1v) is 7.70. The molecule has 124 valence electrons. The van der Waals surface area contributed by atoms with Crippen LogP contribution in [0.25, 0.3) is 0 Å². The van der Waals surface area contributed by atoms with Crippen molar-refractivity contribution in [3.8, 4) is 11.5 Å². The Hall–Kier alpha value is -2.44. The van der Waals surface area contributed by atoms with Crippen LogP contribution in [-0.4, -0.2) is 50.3 Å². The molecular weight excluding hydrogens is 300 g/mol. The number of nitrogens with one attached hydrogen (secondary N) is 1. The molecule has 0 saturated carbocycles. The van der Waals surface area contributed by atoms with Gasteiger partial charge in [0.05, 0.1) is 13.2 Å². The maximum atomic E-state index is 12.3. The van der Waals surface area contributed by atoms with Crippen molar-refractivity contribution in [2.45, 2.75) is 18.9 Å². The van der Waals surface area contributed by atoms with E-state index in [9.17, 15) is 9.59 Å². The fourth-order valence-electron chi connectivity index (χ4n) is 3.00. The van der Waals surface area contributed by atoms with Crippen LogP contribution < -0.4 is 14.8 Å². The fraction of sp³-hybridized carbons (Fsp3) is 0.500. The van der Waals surface area contributed by atoms with Crippen molar-refractivity contribution < 1.29 is 23.8 Å². The Labute approximate surface area is 134 Å². The molecule has 2 heterocycles. The molecule has 7 nitrogen and oxygen atoms in total. The van der Waals surface area contributed by atoms with Crippen LogP contribution in [0.3, 0.4) is 0 Å². The van der Waals surface area contributed by atoms with E-state index in [-0.39, 0.29) is 18.5 Å². The summed E-state index contributed by atoms with van der Waals surface area (Å²) in [7, 11) is 1.27. The van der Waals surface area contributed by atoms with E-state index >= 15 is 0 Å². The Morgan fingerprint density at radius 3 is 2.87 bits per heavy atom. The van der Waals surface area contributed by atoms with Crippen LogP contribution in [0.15, 0.2) is 18.2 Å². The van der Waals surface area contributed by atoms with Crippen LogP contribution in [0.1, 0.15) is 24.4 Å². The van der Waals surface area contributed by atoms with E-state index < -0.39 is 6.09 Å². The zero-order chi connectivity index (χ0) is 16.2. The van der Waals surface area contributed by atoms with Gasteiger partial charge in [0.25, 0.3) is 0 Å². The maximum Gasteiger partial charge on any atom is 0.407 e. The van der Waals surface area contributed by atoms with Crippen molar-refractivity contribution in [1.82, 2.24) is 10.2 Å². The Morgan fingerprint density at radius 1 is 1.30 bits per heavy atom. The van der Waals surface area contributed by atoms with Crippen molar-refractivity contribution in [1.29, 1.82) is 0 Å². The molecular formula is C16H20N2O5. The average Bonchev–Trinajstić information content (AvgIpc) is 3.08. The lowest BCUT2D eigenvalue weighted by Gasteiger charge is -2.26. The zero-order valence-electron chi connectivity index (χ0n) is 13.0. The highest BCUT2D eigenvalue weighted by molar-refractivity contribution is 5.82. The Balaban J connectivity index is 1.71. The number of amides is 2. The van der Waals surface area contributed by atoms with Crippen molar-refractivity contribution in [2.24, 2.45) is 0 Å². The zero-order valence-corrected chi connectivity index (χ0v) is 13.0. The number of carbonyl (C=O) groups excluding carboxylic acids is 2. The molecule has 1 saturated heterocycles. The Morgan fingerprint density at radius 2 is 2.09 bits per heavy atom. The third kappa shape index (κ3) is 3.33. The van der Waals surface area contributed by atoms with Crippen molar-refractivity contribution in [3.63, 3.8) is 0 Å². The van der Waals surface area contributed by atoms with Crippen molar-refractivity contribution in [2.75, 3.05) is 33.4 Å². The van der Waals surface area contributed by atoms with E-state index in [0.717, 1.165) is 29.9 Å². The van der Waals surface area contributed by atoms with Gasteiger partial charge in [0.1, 0.15) is 19.8 Å². The minimum atomic E-state index is -0.603. The molecule has 2 aliphatic heterocycles. The van der Waals surface area contributed by atoms with E-state index in [1.807, 2.05) is 18.2 Å². The molecule has 1 unspecified atom stereocenters. The standard InChI is InChI=1S/C16H20N2O5/c1-21-16(20)17-10-15(19)18-6-2-3-12(18)11-4-5-13-14(9-11)23-8-7-22-13/h4-5,9,12H,2-3,6-8,10H2,1H3,(H,17,20). The van der Waals surface area contributed by atoms with E-state index in [2.05, 4.69) is 10.1 Å². The molecule has 0 aromatic heterocycles. The van der Waals surface area contributed by atoms with Gasteiger partial charge in [-0.1, -0.05) is 6.07 Å². The Kier molecular flexibility index (Phi) is 4.55. The van der Waals surface area contributed by atoms with Gasteiger partial charge < -0.3 is 24.4 Å². The number of benzene rings is 1. The number of methoxy groups -OCH3 is 1. The summed E-state index contributed by atoms with van der Waals surface area (Å²) in [5.74, 6) is 1.34. The van der Waals surface area contributed by atoms with Gasteiger partial charge in [-0.25, -0.2) is 4.79 Å². The summed E-state index contributed by atoms with van der Waals surface area (Å²) in [6, 6.07) is 5.80. The Bertz CT molecular complexity index is 604. The van der Waals surface area contributed by atoms with Gasteiger partial charge >= 0.3 is 6.09 Å². The van der Waals surface area contributed by atoms with Crippen LogP contribution in [-0.2, 0) is 9.53 Å². The number of likely N-dealkylation sites (tertiary alicyclic amines) is 1. The first-order chi connectivity index (χ1) is 11.2. The predicted octanol–water partition coefficient (Wildman–Crippen LogP) is 1.48. The van der Waals surface area contributed by atoms with Gasteiger partial charge in [0.15, 0.2) is 11.5 Å². The largest absolute Gasteiger partial charge is 0.486 e. The van der Waals surface area contributed by atoms with E-state index in [1.165, 1.54) is 7.11 Å². The highest BCUT2D eigenvalue weighted by atomic mass is 16.6. The number of carbonyl (C=O) groups is 2. The monoisotopic (exact) mass is 320 g/mol. The summed E-state index contributed by atoms with van der Waals surface area (Å²) in [5, 5.41) is 2.43. The second-order valence-corrected chi connectivity index (χ2v) is 5.49. The molecule has 1 aromatic carbocycles. The predicted molar refractivity (Wildman–Crippen MR) is 81.5 cm³/mol. The van der Waals surface area contributed by atoms with Crippen LogP contribution >= 0.6 is 0 Å². The molecule has 1 N–H and O–H groups in total. The quantitative estimate of drug-likeness (QED) is 0.913. The van der Waals surface area contributed by atoms with Crippen LogP contribution in [0, 0.1) is 0 Å². The van der Waals surface area contributed by atoms with Gasteiger partial charge in [-0.05, 0) is 30.5 Å². The van der Waals surface area contributed by atoms with Gasteiger partial charge in [0, 0.05) is 6.54 Å². The van der Waals surface area contributed by atoms with Crippen molar-refractivity contribution in [3.05, 3.63) is 23.8 Å². The molecule has 23 heavy (non-hydrogen) atoms. The number of alkyl carbamates (subject to hydrolysis) is 1. The minimum Gasteiger partial charge on any atom is -0.486 e. The number of hydrogen-bond acceptors (Lipinski definition) is 5. The van der Waals surface area contributed by atoms with Gasteiger partial charge in [0.2, 0.25) is 5.91 Å². The van der Waals surface area contributed by atoms with Gasteiger partial charge in [-0.3, -0.25) is 4.79 Å². The normalized spacial score (nSPS) is 19.3. The SMILES string of the molecule is COC(=O)NCC(=O)N1CCCC1c1ccc2c(c1)OCCO2. The second kappa shape index (κ2) is 6.76. The van der Waals surface area contributed by atoms with Gasteiger partial charge in [-0.2, -0.15) is 0 Å². The first kappa shape index (κ1) is 15.5. The van der Waals surface area contributed by atoms with Gasteiger partial charge in [-0.15, -0.1) is 0 Å². The van der Waals surface area contributed by atoms with E-state index in [1.54, 1.807) is 4.90 Å². The minimum absolute atomic E-state index is 0.00206. The highest BCUT2D eigenvalue weighted by Crippen LogP contribution is 2.37. The molecule has 0 radical (unpaired) electrons. The molecule has 2 amide bonds. The number of rotatable bonds is 3. The number of fused-ring (bicyclic) bond motifs is 1. The fourth-order valence-corrected chi connectivity index (χ4v) is 3.00. The smallest absolute Gasteiger partial charge is 0.407 e. The molecule has 0 bridgehead atoms. The molecule has 0 aliphatic carbocycles.